The van der Waals surface area contributed by atoms with Gasteiger partial charge >= 0.3 is 6.03 Å². The Morgan fingerprint density at radius 2 is 2.15 bits per heavy atom. The molecular weight excluding hydrogens is 362 g/mol. The van der Waals surface area contributed by atoms with Gasteiger partial charge in [-0.1, -0.05) is 37.4 Å². The molecule has 1 aliphatic heterocycles. The van der Waals surface area contributed by atoms with Gasteiger partial charge in [0.25, 0.3) is 0 Å². The number of nitrogens with zero attached hydrogens (tertiary/aromatic N) is 4. The third kappa shape index (κ3) is 4.61. The van der Waals surface area contributed by atoms with Gasteiger partial charge in [-0.25, -0.2) is 4.79 Å². The molecule has 0 saturated carbocycles. The molecule has 7 heteroatoms. The van der Waals surface area contributed by atoms with Gasteiger partial charge in [-0.2, -0.15) is 0 Å². The van der Waals surface area contributed by atoms with Gasteiger partial charge in [-0.15, -0.1) is 10.2 Å². The topological polar surface area (TPSA) is 63.1 Å². The normalized spacial score (nSPS) is 13.7. The first-order valence-corrected chi connectivity index (χ1v) is 10.2. The third-order valence-corrected chi connectivity index (χ3v) is 5.48. The van der Waals surface area contributed by atoms with Crippen LogP contribution in [0.15, 0.2) is 18.2 Å². The molecule has 0 fully saturated rings. The van der Waals surface area contributed by atoms with E-state index in [0.29, 0.717) is 18.1 Å². The summed E-state index contributed by atoms with van der Waals surface area (Å²) in [4.78, 5) is 14.7. The number of rotatable bonds is 6. The minimum atomic E-state index is -0.125. The van der Waals surface area contributed by atoms with Crippen molar-refractivity contribution >= 4 is 23.3 Å². The summed E-state index contributed by atoms with van der Waals surface area (Å²) in [5, 5.41) is 12.4. The summed E-state index contributed by atoms with van der Waals surface area (Å²) >= 11 is 6.32. The molecular formula is C20H28ClN5O. The van der Waals surface area contributed by atoms with Gasteiger partial charge < -0.3 is 9.88 Å². The zero-order chi connectivity index (χ0) is 19.2. The Morgan fingerprint density at radius 1 is 1.30 bits per heavy atom. The number of hydrogen-bond donors (Lipinski definition) is 1. The molecule has 0 radical (unpaired) electrons. The van der Waals surface area contributed by atoms with E-state index in [2.05, 4.69) is 27.0 Å². The predicted octanol–water partition coefficient (Wildman–Crippen LogP) is 4.48. The first kappa shape index (κ1) is 19.7. The van der Waals surface area contributed by atoms with Crippen molar-refractivity contribution in [2.24, 2.45) is 0 Å². The average molecular weight is 390 g/mol. The van der Waals surface area contributed by atoms with Crippen molar-refractivity contribution in [1.29, 1.82) is 0 Å². The smallest absolute Gasteiger partial charge is 0.322 e. The van der Waals surface area contributed by atoms with Gasteiger partial charge in [0.05, 0.1) is 12.2 Å². The molecule has 1 N–H and O–H groups in total. The van der Waals surface area contributed by atoms with Gasteiger partial charge in [-0.3, -0.25) is 4.90 Å². The highest BCUT2D eigenvalue weighted by Gasteiger charge is 2.23. The van der Waals surface area contributed by atoms with E-state index in [1.54, 1.807) is 4.90 Å². The number of anilines is 1. The molecule has 0 bridgehead atoms. The number of urea groups is 1. The fraction of sp³-hybridized carbons (Fsp3) is 0.550. The van der Waals surface area contributed by atoms with E-state index in [0.717, 1.165) is 61.5 Å². The van der Waals surface area contributed by atoms with Gasteiger partial charge in [-0.05, 0) is 43.9 Å². The first-order chi connectivity index (χ1) is 13.1. The fourth-order valence-electron chi connectivity index (χ4n) is 3.43. The number of carbonyl (C=O) groups is 1. The Balaban J connectivity index is 1.89. The highest BCUT2D eigenvalue weighted by Crippen LogP contribution is 2.28. The quantitative estimate of drug-likeness (QED) is 0.740. The molecule has 3 rings (SSSR count). The second kappa shape index (κ2) is 9.22. The summed E-state index contributed by atoms with van der Waals surface area (Å²) in [6.45, 7) is 6.00. The van der Waals surface area contributed by atoms with Crippen molar-refractivity contribution in [3.05, 3.63) is 40.4 Å². The fourth-order valence-corrected chi connectivity index (χ4v) is 3.60. The summed E-state index contributed by atoms with van der Waals surface area (Å²) in [6, 6.07) is 5.53. The van der Waals surface area contributed by atoms with Crippen molar-refractivity contribution in [3.8, 4) is 0 Å². The summed E-state index contributed by atoms with van der Waals surface area (Å²) in [7, 11) is 0. The highest BCUT2D eigenvalue weighted by atomic mass is 35.5. The summed E-state index contributed by atoms with van der Waals surface area (Å²) < 4.78 is 2.18. The van der Waals surface area contributed by atoms with Crippen molar-refractivity contribution in [3.63, 3.8) is 0 Å². The minimum absolute atomic E-state index is 0.125. The molecule has 2 amide bonds. The maximum atomic E-state index is 13.0. The molecule has 27 heavy (non-hydrogen) atoms. The Labute approximate surface area is 165 Å². The van der Waals surface area contributed by atoms with Crippen LogP contribution in [0.1, 0.15) is 56.2 Å². The molecule has 1 aliphatic rings. The number of aryl methyl sites for hydroxylation is 1. The number of nitrogens with one attached hydrogen (secondary N) is 1. The molecule has 1 aromatic heterocycles. The SMILES string of the molecule is CCCCNC(=O)N(Cc1nnc2n1CCCCC2)c1cccc(Cl)c1C. The number of aromatic nitrogens is 3. The molecule has 2 heterocycles. The Kier molecular flexibility index (Phi) is 6.72. The van der Waals surface area contributed by atoms with Gasteiger partial charge in [0.2, 0.25) is 0 Å². The lowest BCUT2D eigenvalue weighted by Crippen LogP contribution is -2.41. The van der Waals surface area contributed by atoms with Crippen LogP contribution >= 0.6 is 11.6 Å². The highest BCUT2D eigenvalue weighted by molar-refractivity contribution is 6.31. The average Bonchev–Trinajstić information content (AvgIpc) is 2.88. The molecule has 2 aromatic rings. The summed E-state index contributed by atoms with van der Waals surface area (Å²) in [5.74, 6) is 1.86. The predicted molar refractivity (Wildman–Crippen MR) is 108 cm³/mol. The molecule has 0 aliphatic carbocycles. The zero-order valence-electron chi connectivity index (χ0n) is 16.2. The number of carbonyl (C=O) groups excluding carboxylic acids is 1. The van der Waals surface area contributed by atoms with Gasteiger partial charge in [0, 0.05) is 24.5 Å². The first-order valence-electron chi connectivity index (χ1n) is 9.83. The van der Waals surface area contributed by atoms with Crippen LogP contribution in [0.25, 0.3) is 0 Å². The second-order valence-electron chi connectivity index (χ2n) is 7.05. The van der Waals surface area contributed by atoms with E-state index >= 15 is 0 Å². The molecule has 0 unspecified atom stereocenters. The van der Waals surface area contributed by atoms with Crippen LogP contribution < -0.4 is 10.2 Å². The molecule has 6 nitrogen and oxygen atoms in total. The molecule has 0 atom stereocenters. The number of halogens is 1. The van der Waals surface area contributed by atoms with E-state index < -0.39 is 0 Å². The van der Waals surface area contributed by atoms with Crippen molar-refractivity contribution < 1.29 is 4.79 Å². The van der Waals surface area contributed by atoms with Crippen LogP contribution in [0, 0.1) is 6.92 Å². The van der Waals surface area contributed by atoms with Crippen LogP contribution in [0.2, 0.25) is 5.02 Å². The lowest BCUT2D eigenvalue weighted by atomic mass is 10.2. The van der Waals surface area contributed by atoms with E-state index in [1.807, 2.05) is 25.1 Å². The Bertz CT molecular complexity index is 789. The molecule has 0 spiro atoms. The van der Waals surface area contributed by atoms with Crippen molar-refractivity contribution in [2.45, 2.75) is 65.5 Å². The van der Waals surface area contributed by atoms with Crippen molar-refractivity contribution in [2.75, 3.05) is 11.4 Å². The van der Waals surface area contributed by atoms with E-state index in [9.17, 15) is 4.79 Å². The Hall–Kier alpha value is -2.08. The standard InChI is InChI=1S/C20H28ClN5O/c1-3-4-12-22-20(27)26(17-10-8-9-16(21)15(17)2)14-19-24-23-18-11-6-5-7-13-25(18)19/h8-10H,3-7,11-14H2,1-2H3,(H,22,27). The van der Waals surface area contributed by atoms with E-state index in [-0.39, 0.29) is 6.03 Å². The second-order valence-corrected chi connectivity index (χ2v) is 7.46. The van der Waals surface area contributed by atoms with E-state index in [4.69, 9.17) is 11.6 Å². The van der Waals surface area contributed by atoms with Crippen LogP contribution in [0.5, 0.6) is 0 Å². The number of fused-ring (bicyclic) bond motifs is 1. The summed E-state index contributed by atoms with van der Waals surface area (Å²) in [6.07, 6.45) is 6.41. The lowest BCUT2D eigenvalue weighted by Gasteiger charge is -2.25. The van der Waals surface area contributed by atoms with Crippen LogP contribution in [0.4, 0.5) is 10.5 Å². The van der Waals surface area contributed by atoms with Gasteiger partial charge in [0.1, 0.15) is 5.82 Å². The zero-order valence-corrected chi connectivity index (χ0v) is 16.9. The molecule has 1 aromatic carbocycles. The van der Waals surface area contributed by atoms with Gasteiger partial charge in [0.15, 0.2) is 5.82 Å². The largest absolute Gasteiger partial charge is 0.338 e. The van der Waals surface area contributed by atoms with E-state index in [1.165, 1.54) is 6.42 Å². The lowest BCUT2D eigenvalue weighted by molar-refractivity contribution is 0.245. The number of benzene rings is 1. The Morgan fingerprint density at radius 3 is 2.96 bits per heavy atom. The maximum Gasteiger partial charge on any atom is 0.322 e. The van der Waals surface area contributed by atoms with Crippen molar-refractivity contribution in [1.82, 2.24) is 20.1 Å². The monoisotopic (exact) mass is 389 g/mol. The number of amides is 2. The third-order valence-electron chi connectivity index (χ3n) is 5.07. The summed E-state index contributed by atoms with van der Waals surface area (Å²) in [5.41, 5.74) is 1.70. The molecule has 0 saturated heterocycles. The van der Waals surface area contributed by atoms with Crippen LogP contribution in [-0.2, 0) is 19.5 Å². The maximum absolute atomic E-state index is 13.0. The molecule has 146 valence electrons. The van der Waals surface area contributed by atoms with Crippen LogP contribution in [0.3, 0.4) is 0 Å². The number of unbranched alkanes of at least 4 members (excludes halogenated alkanes) is 1. The minimum Gasteiger partial charge on any atom is -0.338 e. The number of hydrogen-bond acceptors (Lipinski definition) is 3. The van der Waals surface area contributed by atoms with Crippen LogP contribution in [-0.4, -0.2) is 27.3 Å².